The first-order chi connectivity index (χ1) is 9.45. The summed E-state index contributed by atoms with van der Waals surface area (Å²) in [7, 11) is -5.28. The Balaban J connectivity index is -0.000000475. The van der Waals surface area contributed by atoms with Crippen LogP contribution in [0.1, 0.15) is 34.1 Å². The van der Waals surface area contributed by atoms with Crippen molar-refractivity contribution in [2.24, 2.45) is 0 Å². The molecule has 0 heterocycles. The Kier molecular flexibility index (Phi) is 12.5. The predicted molar refractivity (Wildman–Crippen MR) is 75.8 cm³/mol. The summed E-state index contributed by atoms with van der Waals surface area (Å²) in [5.74, 6) is 0. The number of rotatable bonds is 1. The summed E-state index contributed by atoms with van der Waals surface area (Å²) < 4.78 is 58.3. The van der Waals surface area contributed by atoms with E-state index in [1.165, 1.54) is 6.92 Å². The molecule has 0 radical (unpaired) electrons. The molecule has 2 rings (SSSR count). The van der Waals surface area contributed by atoms with Gasteiger partial charge in [-0.05, 0) is 0 Å². The van der Waals surface area contributed by atoms with Gasteiger partial charge in [0.1, 0.15) is 0 Å². The van der Waals surface area contributed by atoms with Crippen molar-refractivity contribution in [3.05, 3.63) is 47.1 Å². The number of sulfone groups is 1. The van der Waals surface area contributed by atoms with Gasteiger partial charge in [0.2, 0.25) is 9.84 Å². The smallest absolute Gasteiger partial charge is 1.00 e. The van der Waals surface area contributed by atoms with Gasteiger partial charge in [-0.1, -0.05) is 20.8 Å². The second-order valence-corrected chi connectivity index (χ2v) is 7.27. The molecule has 0 aromatic heterocycles. The summed E-state index contributed by atoms with van der Waals surface area (Å²) in [6.07, 6.45) is 12.4. The minimum absolute atomic E-state index is 0. The van der Waals surface area contributed by atoms with E-state index in [9.17, 15) is 21.6 Å². The zero-order chi connectivity index (χ0) is 16.5. The van der Waals surface area contributed by atoms with Crippen molar-refractivity contribution >= 4 is 9.84 Å². The van der Waals surface area contributed by atoms with Crippen molar-refractivity contribution in [1.29, 1.82) is 0 Å². The van der Waals surface area contributed by atoms with E-state index < -0.39 is 20.1 Å². The average Bonchev–Trinajstić information content (AvgIpc) is 2.98. The van der Waals surface area contributed by atoms with Crippen LogP contribution in [0.15, 0.2) is 34.9 Å². The van der Waals surface area contributed by atoms with Gasteiger partial charge in [-0.2, -0.15) is 24.8 Å². The molecular weight excluding hydrogens is 463 g/mol. The molecule has 2 aliphatic carbocycles. The molecular formula is C15H17Cl2F3O2SZr. The molecule has 1 atom stereocenters. The van der Waals surface area contributed by atoms with Crippen LogP contribution in [0.25, 0.3) is 0 Å². The van der Waals surface area contributed by atoms with Crippen LogP contribution >= 0.6 is 0 Å². The third kappa shape index (κ3) is 5.58. The predicted octanol–water partition coefficient (Wildman–Crippen LogP) is -1.91. The summed E-state index contributed by atoms with van der Waals surface area (Å²) >= 11 is 0. The fourth-order valence-corrected chi connectivity index (χ4v) is 3.33. The van der Waals surface area contributed by atoms with Gasteiger partial charge >= 0.3 is 31.7 Å². The van der Waals surface area contributed by atoms with Crippen LogP contribution in [-0.2, 0) is 36.0 Å². The fraction of sp³-hybridized carbons (Fsp3) is 0.467. The Morgan fingerprint density at radius 2 is 1.67 bits per heavy atom. The molecule has 0 amide bonds. The zero-order valence-corrected chi connectivity index (χ0v) is 18.3. The first kappa shape index (κ1) is 28.9. The van der Waals surface area contributed by atoms with E-state index in [4.69, 9.17) is 0 Å². The Morgan fingerprint density at radius 3 is 1.88 bits per heavy atom. The van der Waals surface area contributed by atoms with Gasteiger partial charge in [-0.3, -0.25) is 6.08 Å². The summed E-state index contributed by atoms with van der Waals surface area (Å²) in [4.78, 5) is 0. The van der Waals surface area contributed by atoms with E-state index in [1.807, 2.05) is 12.2 Å². The topological polar surface area (TPSA) is 34.1 Å². The molecule has 1 unspecified atom stereocenters. The molecule has 2 aliphatic rings. The van der Waals surface area contributed by atoms with Crippen molar-refractivity contribution in [1.82, 2.24) is 0 Å². The van der Waals surface area contributed by atoms with Crippen LogP contribution in [0, 0.1) is 12.2 Å². The SMILES string of the molecule is CC1=[C-]C(C)(S(=O)(=O)C(F)(F)F)C(C)=C1C.[C-]1=CC=CC1.[Cl-].[Cl-].[Zr+4]. The second-order valence-electron chi connectivity index (χ2n) is 4.99. The number of halogens is 5. The third-order valence-corrected chi connectivity index (χ3v) is 5.79. The van der Waals surface area contributed by atoms with Crippen molar-refractivity contribution in [3.63, 3.8) is 0 Å². The van der Waals surface area contributed by atoms with Gasteiger partial charge in [-0.15, -0.1) is 18.9 Å². The largest absolute Gasteiger partial charge is 4.00 e. The molecule has 2 nitrogen and oxygen atoms in total. The van der Waals surface area contributed by atoms with Gasteiger partial charge < -0.3 is 24.8 Å². The van der Waals surface area contributed by atoms with E-state index in [0.717, 1.165) is 13.3 Å². The van der Waals surface area contributed by atoms with Crippen LogP contribution < -0.4 is 24.8 Å². The Bertz CT molecular complexity index is 640. The maximum absolute atomic E-state index is 12.5. The maximum Gasteiger partial charge on any atom is 4.00 e. The average molecular weight is 480 g/mol. The van der Waals surface area contributed by atoms with E-state index in [0.29, 0.717) is 11.1 Å². The molecule has 9 heteroatoms. The summed E-state index contributed by atoms with van der Waals surface area (Å²) in [6, 6.07) is 0. The number of hydrogen-bond acceptors (Lipinski definition) is 2. The van der Waals surface area contributed by atoms with E-state index in [2.05, 4.69) is 18.2 Å². The van der Waals surface area contributed by atoms with Crippen LogP contribution in [-0.4, -0.2) is 18.7 Å². The molecule has 0 aromatic rings. The summed E-state index contributed by atoms with van der Waals surface area (Å²) in [6.45, 7) is 5.57. The second kappa shape index (κ2) is 10.3. The molecule has 0 bridgehead atoms. The molecule has 0 aromatic carbocycles. The third-order valence-electron chi connectivity index (χ3n) is 3.69. The minimum atomic E-state index is -5.28. The van der Waals surface area contributed by atoms with E-state index in [-0.39, 0.29) is 56.6 Å². The number of alkyl halides is 3. The van der Waals surface area contributed by atoms with E-state index >= 15 is 0 Å². The first-order valence-electron chi connectivity index (χ1n) is 6.28. The normalized spacial score (nSPS) is 21.9. The van der Waals surface area contributed by atoms with Gasteiger partial charge in [0.05, 0.1) is 0 Å². The van der Waals surface area contributed by atoms with E-state index in [1.54, 1.807) is 13.8 Å². The Hall–Kier alpha value is 0.163. The molecule has 0 fully saturated rings. The Morgan fingerprint density at radius 1 is 1.17 bits per heavy atom. The summed E-state index contributed by atoms with van der Waals surface area (Å²) in [5.41, 5.74) is -4.08. The number of hydrogen-bond donors (Lipinski definition) is 0. The van der Waals surface area contributed by atoms with Crippen LogP contribution in [0.5, 0.6) is 0 Å². The van der Waals surface area contributed by atoms with Gasteiger partial charge in [-0.25, -0.2) is 32.2 Å². The van der Waals surface area contributed by atoms with Crippen LogP contribution in [0.3, 0.4) is 0 Å². The monoisotopic (exact) mass is 478 g/mol. The van der Waals surface area contributed by atoms with Crippen molar-refractivity contribution in [2.45, 2.75) is 44.4 Å². The van der Waals surface area contributed by atoms with Crippen molar-refractivity contribution in [2.75, 3.05) is 0 Å². The summed E-state index contributed by atoms with van der Waals surface area (Å²) in [5, 5.41) is 0. The fourth-order valence-electron chi connectivity index (χ4n) is 2.02. The molecule has 0 spiro atoms. The van der Waals surface area contributed by atoms with Crippen molar-refractivity contribution < 1.29 is 72.6 Å². The molecule has 0 saturated carbocycles. The molecule has 0 N–H and O–H groups in total. The van der Waals surface area contributed by atoms with Crippen molar-refractivity contribution in [3.8, 4) is 0 Å². The molecule has 24 heavy (non-hydrogen) atoms. The maximum atomic E-state index is 12.5. The standard InChI is InChI=1S/C10H12F3O2S.C5H5.2ClH.Zr/c1-6-5-9(4,8(3)7(6)2)16(14,15)10(11,12)13;1-2-4-5-3-1;;;/h1-4H3;1-3H,4H2;2*1H;/q2*-1;;;+4/p-2. The van der Waals surface area contributed by atoms with Gasteiger partial charge in [0, 0.05) is 4.75 Å². The van der Waals surface area contributed by atoms with Gasteiger partial charge in [0.25, 0.3) is 0 Å². The Labute approximate surface area is 173 Å². The molecule has 0 aliphatic heterocycles. The van der Waals surface area contributed by atoms with Crippen LogP contribution in [0.2, 0.25) is 0 Å². The molecule has 0 saturated heterocycles. The number of allylic oxidation sites excluding steroid dienone is 6. The molecule has 134 valence electrons. The first-order valence-corrected chi connectivity index (χ1v) is 7.76. The quantitative estimate of drug-likeness (QED) is 0.411. The zero-order valence-electron chi connectivity index (χ0n) is 13.6. The minimum Gasteiger partial charge on any atom is -1.00 e. The van der Waals surface area contributed by atoms with Crippen LogP contribution in [0.4, 0.5) is 13.2 Å². The van der Waals surface area contributed by atoms with Gasteiger partial charge in [0.15, 0.2) is 0 Å².